The molecule has 0 saturated heterocycles. The second-order valence-electron chi connectivity index (χ2n) is 4.92. The Hall–Kier alpha value is -1.58. The second-order valence-corrected chi connectivity index (χ2v) is 5.36. The summed E-state index contributed by atoms with van der Waals surface area (Å²) in [5, 5.41) is 0.647. The number of ketones is 1. The molecule has 1 aromatic heterocycles. The van der Waals surface area contributed by atoms with Crippen LogP contribution in [0, 0.1) is 6.92 Å². The van der Waals surface area contributed by atoms with Crippen LogP contribution >= 0.6 is 11.6 Å². The standard InChI is InChI=1S/C16H18ClNO2/c1-12-14(8-10-20-12)11-18(2)9-7-16(19)13-3-5-15(17)6-4-13/h3-6,8,10H,7,9,11H2,1-2H3. The van der Waals surface area contributed by atoms with Crippen LogP contribution in [0.25, 0.3) is 0 Å². The van der Waals surface area contributed by atoms with Gasteiger partial charge in [0.05, 0.1) is 6.26 Å². The van der Waals surface area contributed by atoms with Crippen LogP contribution in [-0.2, 0) is 6.54 Å². The third-order valence-corrected chi connectivity index (χ3v) is 3.55. The highest BCUT2D eigenvalue weighted by molar-refractivity contribution is 6.30. The molecular weight excluding hydrogens is 274 g/mol. The first-order chi connectivity index (χ1) is 9.56. The van der Waals surface area contributed by atoms with Crippen LogP contribution in [0.3, 0.4) is 0 Å². The maximum atomic E-state index is 12.0. The summed E-state index contributed by atoms with van der Waals surface area (Å²) in [5.74, 6) is 1.07. The van der Waals surface area contributed by atoms with Gasteiger partial charge < -0.3 is 9.32 Å². The largest absolute Gasteiger partial charge is 0.469 e. The molecule has 0 atom stereocenters. The number of carbonyl (C=O) groups excluding carboxylic acids is 1. The fourth-order valence-corrected chi connectivity index (χ4v) is 2.14. The van der Waals surface area contributed by atoms with Crippen molar-refractivity contribution in [2.24, 2.45) is 0 Å². The minimum absolute atomic E-state index is 0.137. The molecule has 2 rings (SSSR count). The van der Waals surface area contributed by atoms with Gasteiger partial charge >= 0.3 is 0 Å². The van der Waals surface area contributed by atoms with E-state index < -0.39 is 0 Å². The molecule has 0 unspecified atom stereocenters. The molecule has 4 heteroatoms. The lowest BCUT2D eigenvalue weighted by Gasteiger charge is -2.15. The lowest BCUT2D eigenvalue weighted by Crippen LogP contribution is -2.21. The number of benzene rings is 1. The molecule has 2 aromatic rings. The molecule has 0 aliphatic carbocycles. The summed E-state index contributed by atoms with van der Waals surface area (Å²) in [4.78, 5) is 14.2. The van der Waals surface area contributed by atoms with E-state index in [0.717, 1.165) is 17.9 Å². The monoisotopic (exact) mass is 291 g/mol. The van der Waals surface area contributed by atoms with E-state index in [1.807, 2.05) is 20.0 Å². The summed E-state index contributed by atoms with van der Waals surface area (Å²) in [7, 11) is 2.00. The molecule has 0 saturated carbocycles. The van der Waals surface area contributed by atoms with Crippen molar-refractivity contribution in [1.82, 2.24) is 4.90 Å². The Morgan fingerprint density at radius 2 is 1.95 bits per heavy atom. The normalized spacial score (nSPS) is 11.0. The van der Waals surface area contributed by atoms with E-state index in [0.29, 0.717) is 23.6 Å². The van der Waals surface area contributed by atoms with Gasteiger partial charge in [-0.3, -0.25) is 4.79 Å². The van der Waals surface area contributed by atoms with E-state index in [2.05, 4.69) is 4.90 Å². The molecule has 0 aliphatic heterocycles. The van der Waals surface area contributed by atoms with Gasteiger partial charge in [0.2, 0.25) is 0 Å². The number of furan rings is 1. The van der Waals surface area contributed by atoms with E-state index in [1.54, 1.807) is 30.5 Å². The van der Waals surface area contributed by atoms with Crippen molar-refractivity contribution in [3.63, 3.8) is 0 Å². The Balaban J connectivity index is 1.84. The first-order valence-electron chi connectivity index (χ1n) is 6.56. The van der Waals surface area contributed by atoms with Gasteiger partial charge in [0, 0.05) is 35.7 Å². The summed E-state index contributed by atoms with van der Waals surface area (Å²) in [6.07, 6.45) is 2.19. The summed E-state index contributed by atoms with van der Waals surface area (Å²) in [5.41, 5.74) is 1.87. The van der Waals surface area contributed by atoms with E-state index in [9.17, 15) is 4.79 Å². The minimum atomic E-state index is 0.137. The SMILES string of the molecule is Cc1occc1CN(C)CCC(=O)c1ccc(Cl)cc1. The van der Waals surface area contributed by atoms with Crippen LogP contribution in [0.4, 0.5) is 0 Å². The summed E-state index contributed by atoms with van der Waals surface area (Å²) in [6.45, 7) is 3.45. The van der Waals surface area contributed by atoms with Crippen LogP contribution in [0.15, 0.2) is 41.0 Å². The molecule has 0 bridgehead atoms. The summed E-state index contributed by atoms with van der Waals surface area (Å²) < 4.78 is 5.27. The van der Waals surface area contributed by atoms with Crippen LogP contribution in [0.5, 0.6) is 0 Å². The van der Waals surface area contributed by atoms with Crippen LogP contribution < -0.4 is 0 Å². The lowest BCUT2D eigenvalue weighted by molar-refractivity contribution is 0.0968. The van der Waals surface area contributed by atoms with Crippen molar-refractivity contribution in [3.8, 4) is 0 Å². The number of halogens is 1. The molecule has 3 nitrogen and oxygen atoms in total. The van der Waals surface area contributed by atoms with Crippen molar-refractivity contribution in [1.29, 1.82) is 0 Å². The smallest absolute Gasteiger partial charge is 0.164 e. The number of carbonyl (C=O) groups is 1. The highest BCUT2D eigenvalue weighted by Gasteiger charge is 2.09. The molecule has 1 heterocycles. The third kappa shape index (κ3) is 3.95. The second kappa shape index (κ2) is 6.73. The van der Waals surface area contributed by atoms with Gasteiger partial charge in [-0.25, -0.2) is 0 Å². The Morgan fingerprint density at radius 1 is 1.25 bits per heavy atom. The van der Waals surface area contributed by atoms with Gasteiger partial charge in [-0.05, 0) is 44.3 Å². The van der Waals surface area contributed by atoms with E-state index in [-0.39, 0.29) is 5.78 Å². The summed E-state index contributed by atoms with van der Waals surface area (Å²) in [6, 6.07) is 8.99. The zero-order chi connectivity index (χ0) is 14.5. The molecular formula is C16H18ClNO2. The Morgan fingerprint density at radius 3 is 2.55 bits per heavy atom. The maximum absolute atomic E-state index is 12.0. The van der Waals surface area contributed by atoms with Crippen molar-refractivity contribution in [2.75, 3.05) is 13.6 Å². The number of rotatable bonds is 6. The Kier molecular flexibility index (Phi) is 4.99. The Labute approximate surface area is 124 Å². The fraction of sp³-hybridized carbons (Fsp3) is 0.312. The van der Waals surface area contributed by atoms with Gasteiger partial charge in [0.1, 0.15) is 5.76 Å². The molecule has 0 aliphatic rings. The maximum Gasteiger partial charge on any atom is 0.164 e. The molecule has 0 spiro atoms. The van der Waals surface area contributed by atoms with Gasteiger partial charge in [-0.2, -0.15) is 0 Å². The average molecular weight is 292 g/mol. The van der Waals surface area contributed by atoms with E-state index >= 15 is 0 Å². The molecule has 0 amide bonds. The molecule has 20 heavy (non-hydrogen) atoms. The molecule has 106 valence electrons. The minimum Gasteiger partial charge on any atom is -0.469 e. The molecule has 0 radical (unpaired) electrons. The van der Waals surface area contributed by atoms with Crippen LogP contribution in [0.2, 0.25) is 5.02 Å². The Bertz CT molecular complexity index is 574. The summed E-state index contributed by atoms with van der Waals surface area (Å²) >= 11 is 5.81. The first kappa shape index (κ1) is 14.8. The van der Waals surface area contributed by atoms with Crippen molar-refractivity contribution >= 4 is 17.4 Å². The molecule has 1 aromatic carbocycles. The zero-order valence-electron chi connectivity index (χ0n) is 11.7. The number of hydrogen-bond acceptors (Lipinski definition) is 3. The van der Waals surface area contributed by atoms with Gasteiger partial charge in [-0.15, -0.1) is 0 Å². The van der Waals surface area contributed by atoms with Gasteiger partial charge in [-0.1, -0.05) is 11.6 Å². The lowest BCUT2D eigenvalue weighted by atomic mass is 10.1. The zero-order valence-corrected chi connectivity index (χ0v) is 12.5. The number of Topliss-reactive ketones (excluding diaryl/α,β-unsaturated/α-hetero) is 1. The highest BCUT2D eigenvalue weighted by Crippen LogP contribution is 2.13. The van der Waals surface area contributed by atoms with Crippen LogP contribution in [-0.4, -0.2) is 24.3 Å². The average Bonchev–Trinajstić information content (AvgIpc) is 2.82. The number of nitrogens with zero attached hydrogens (tertiary/aromatic N) is 1. The molecule has 0 fully saturated rings. The van der Waals surface area contributed by atoms with Gasteiger partial charge in [0.15, 0.2) is 5.78 Å². The van der Waals surface area contributed by atoms with Crippen molar-refractivity contribution in [3.05, 3.63) is 58.5 Å². The molecule has 0 N–H and O–H groups in total. The fourth-order valence-electron chi connectivity index (χ4n) is 2.02. The number of aryl methyl sites for hydroxylation is 1. The predicted molar refractivity (Wildman–Crippen MR) is 80.2 cm³/mol. The van der Waals surface area contributed by atoms with E-state index in [1.165, 1.54) is 0 Å². The van der Waals surface area contributed by atoms with Crippen molar-refractivity contribution < 1.29 is 9.21 Å². The predicted octanol–water partition coefficient (Wildman–Crippen LogP) is 3.95. The van der Waals surface area contributed by atoms with Crippen molar-refractivity contribution in [2.45, 2.75) is 19.9 Å². The van der Waals surface area contributed by atoms with E-state index in [4.69, 9.17) is 16.0 Å². The highest BCUT2D eigenvalue weighted by atomic mass is 35.5. The number of hydrogen-bond donors (Lipinski definition) is 0. The quantitative estimate of drug-likeness (QED) is 0.756. The first-order valence-corrected chi connectivity index (χ1v) is 6.94. The topological polar surface area (TPSA) is 33.5 Å². The third-order valence-electron chi connectivity index (χ3n) is 3.29. The van der Waals surface area contributed by atoms with Gasteiger partial charge in [0.25, 0.3) is 0 Å². The van der Waals surface area contributed by atoms with Crippen LogP contribution in [0.1, 0.15) is 28.1 Å².